The Morgan fingerprint density at radius 3 is 2.69 bits per heavy atom. The zero-order valence-corrected chi connectivity index (χ0v) is 7.13. The molecule has 2 nitrogen and oxygen atoms in total. The van der Waals surface area contributed by atoms with E-state index in [0.29, 0.717) is 5.69 Å². The van der Waals surface area contributed by atoms with E-state index in [1.54, 1.807) is 19.1 Å². The van der Waals surface area contributed by atoms with Crippen LogP contribution in [0.2, 0.25) is 0 Å². The van der Waals surface area contributed by atoms with Gasteiger partial charge in [0.2, 0.25) is 5.88 Å². The summed E-state index contributed by atoms with van der Waals surface area (Å²) < 4.78 is 27.6. The van der Waals surface area contributed by atoms with Crippen molar-refractivity contribution >= 4 is 6.08 Å². The Balaban J connectivity index is 2.89. The average Bonchev–Trinajstić information content (AvgIpc) is 2.03. The maximum absolute atomic E-state index is 11.8. The molecule has 1 heterocycles. The van der Waals surface area contributed by atoms with Gasteiger partial charge >= 0.3 is 6.61 Å². The Morgan fingerprint density at radius 1 is 1.54 bits per heavy atom. The molecule has 0 N–H and O–H groups in total. The van der Waals surface area contributed by atoms with Crippen molar-refractivity contribution in [2.45, 2.75) is 13.5 Å². The zero-order chi connectivity index (χ0) is 9.84. The highest BCUT2D eigenvalue weighted by Crippen LogP contribution is 2.14. The lowest BCUT2D eigenvalue weighted by molar-refractivity contribution is -0.0529. The van der Waals surface area contributed by atoms with Gasteiger partial charge in [-0.1, -0.05) is 12.7 Å². The number of halogens is 2. The van der Waals surface area contributed by atoms with Crippen molar-refractivity contribution in [2.24, 2.45) is 0 Å². The first kappa shape index (κ1) is 9.64. The molecule has 70 valence electrons. The van der Waals surface area contributed by atoms with Crippen LogP contribution in [0.15, 0.2) is 18.7 Å². The van der Waals surface area contributed by atoms with Gasteiger partial charge < -0.3 is 4.74 Å². The van der Waals surface area contributed by atoms with E-state index >= 15 is 0 Å². The molecule has 0 atom stereocenters. The highest BCUT2D eigenvalue weighted by molar-refractivity contribution is 5.49. The van der Waals surface area contributed by atoms with E-state index in [2.05, 4.69) is 16.3 Å². The van der Waals surface area contributed by atoms with Gasteiger partial charge in [-0.3, -0.25) is 0 Å². The summed E-state index contributed by atoms with van der Waals surface area (Å²) >= 11 is 0. The SMILES string of the molecule is C=Cc1ccc(OC(F)F)nc1C. The molecule has 13 heavy (non-hydrogen) atoms. The molecule has 0 bridgehead atoms. The standard InChI is InChI=1S/C9H9F2NO/c1-3-7-4-5-8(12-6(7)2)13-9(10)11/h3-5,9H,1H2,2H3. The van der Waals surface area contributed by atoms with Crippen LogP contribution in [0.4, 0.5) is 8.78 Å². The lowest BCUT2D eigenvalue weighted by Crippen LogP contribution is -2.04. The van der Waals surface area contributed by atoms with Crippen molar-refractivity contribution in [1.29, 1.82) is 0 Å². The number of rotatable bonds is 3. The fourth-order valence-electron chi connectivity index (χ4n) is 0.921. The van der Waals surface area contributed by atoms with Crippen LogP contribution >= 0.6 is 0 Å². The van der Waals surface area contributed by atoms with Crippen LogP contribution in [-0.2, 0) is 0 Å². The van der Waals surface area contributed by atoms with Gasteiger partial charge in [-0.25, -0.2) is 4.98 Å². The summed E-state index contributed by atoms with van der Waals surface area (Å²) in [6, 6.07) is 3.02. The third kappa shape index (κ3) is 2.50. The monoisotopic (exact) mass is 185 g/mol. The predicted molar refractivity (Wildman–Crippen MR) is 45.7 cm³/mol. The molecule has 1 aromatic heterocycles. The third-order valence-electron chi connectivity index (χ3n) is 1.53. The molecule has 0 saturated carbocycles. The lowest BCUT2D eigenvalue weighted by Gasteiger charge is -2.05. The summed E-state index contributed by atoms with van der Waals surface area (Å²) in [4.78, 5) is 3.81. The fourth-order valence-corrected chi connectivity index (χ4v) is 0.921. The summed E-state index contributed by atoms with van der Waals surface area (Å²) in [7, 11) is 0. The van der Waals surface area contributed by atoms with Crippen LogP contribution in [0.1, 0.15) is 11.3 Å². The van der Waals surface area contributed by atoms with Crippen LogP contribution in [-0.4, -0.2) is 11.6 Å². The van der Waals surface area contributed by atoms with E-state index in [4.69, 9.17) is 0 Å². The van der Waals surface area contributed by atoms with Crippen molar-refractivity contribution in [3.05, 3.63) is 30.0 Å². The second kappa shape index (κ2) is 3.98. The molecule has 0 fully saturated rings. The van der Waals surface area contributed by atoms with Crippen LogP contribution < -0.4 is 4.74 Å². The number of hydrogen-bond acceptors (Lipinski definition) is 2. The third-order valence-corrected chi connectivity index (χ3v) is 1.53. The Kier molecular flexibility index (Phi) is 2.95. The second-order valence-electron chi connectivity index (χ2n) is 2.41. The molecule has 0 radical (unpaired) electrons. The minimum absolute atomic E-state index is 0.0712. The summed E-state index contributed by atoms with van der Waals surface area (Å²) in [5.41, 5.74) is 1.43. The minimum Gasteiger partial charge on any atom is -0.417 e. The molecular weight excluding hydrogens is 176 g/mol. The maximum atomic E-state index is 11.8. The molecule has 0 aliphatic rings. The number of hydrogen-bond donors (Lipinski definition) is 0. The number of alkyl halides is 2. The first-order chi connectivity index (χ1) is 6.13. The summed E-state index contributed by atoms with van der Waals surface area (Å²) in [6.07, 6.45) is 1.61. The van der Waals surface area contributed by atoms with E-state index in [1.807, 2.05) is 0 Å². The molecule has 0 amide bonds. The average molecular weight is 185 g/mol. The fraction of sp³-hybridized carbons (Fsp3) is 0.222. The van der Waals surface area contributed by atoms with Crippen molar-refractivity contribution in [2.75, 3.05) is 0 Å². The molecule has 0 saturated heterocycles. The number of aryl methyl sites for hydroxylation is 1. The van der Waals surface area contributed by atoms with E-state index in [0.717, 1.165) is 5.56 Å². The van der Waals surface area contributed by atoms with E-state index in [1.165, 1.54) is 6.07 Å². The van der Waals surface area contributed by atoms with E-state index in [-0.39, 0.29) is 5.88 Å². The lowest BCUT2D eigenvalue weighted by atomic mass is 10.2. The second-order valence-corrected chi connectivity index (χ2v) is 2.41. The van der Waals surface area contributed by atoms with Crippen molar-refractivity contribution in [1.82, 2.24) is 4.98 Å². The summed E-state index contributed by atoms with van der Waals surface area (Å²) in [5.74, 6) is -0.0712. The molecular formula is C9H9F2NO. The predicted octanol–water partition coefficient (Wildman–Crippen LogP) is 2.63. The molecule has 0 aliphatic carbocycles. The van der Waals surface area contributed by atoms with E-state index in [9.17, 15) is 8.78 Å². The highest BCUT2D eigenvalue weighted by Gasteiger charge is 2.05. The molecule has 0 aromatic carbocycles. The van der Waals surface area contributed by atoms with Gasteiger partial charge in [0.25, 0.3) is 0 Å². The van der Waals surface area contributed by atoms with Gasteiger partial charge in [-0.2, -0.15) is 8.78 Å². The maximum Gasteiger partial charge on any atom is 0.388 e. The van der Waals surface area contributed by atoms with Gasteiger partial charge in [0.15, 0.2) is 0 Å². The minimum atomic E-state index is -2.83. The molecule has 0 unspecified atom stereocenters. The van der Waals surface area contributed by atoms with Gasteiger partial charge in [-0.15, -0.1) is 0 Å². The van der Waals surface area contributed by atoms with E-state index < -0.39 is 6.61 Å². The number of nitrogens with zero attached hydrogens (tertiary/aromatic N) is 1. The quantitative estimate of drug-likeness (QED) is 0.722. The molecule has 0 aliphatic heterocycles. The van der Waals surface area contributed by atoms with Gasteiger partial charge in [0.05, 0.1) is 0 Å². The molecule has 4 heteroatoms. The largest absolute Gasteiger partial charge is 0.417 e. The number of ether oxygens (including phenoxy) is 1. The van der Waals surface area contributed by atoms with Gasteiger partial charge in [-0.05, 0) is 18.6 Å². The van der Waals surface area contributed by atoms with Gasteiger partial charge in [0, 0.05) is 11.8 Å². The highest BCUT2D eigenvalue weighted by atomic mass is 19.3. The topological polar surface area (TPSA) is 22.1 Å². The van der Waals surface area contributed by atoms with Crippen LogP contribution in [0.25, 0.3) is 6.08 Å². The van der Waals surface area contributed by atoms with Crippen LogP contribution in [0, 0.1) is 6.92 Å². The first-order valence-corrected chi connectivity index (χ1v) is 3.68. The van der Waals surface area contributed by atoms with Crippen molar-refractivity contribution in [3.8, 4) is 5.88 Å². The Morgan fingerprint density at radius 2 is 2.23 bits per heavy atom. The Hall–Kier alpha value is -1.45. The molecule has 1 aromatic rings. The zero-order valence-electron chi connectivity index (χ0n) is 7.13. The van der Waals surface area contributed by atoms with Crippen LogP contribution in [0.5, 0.6) is 5.88 Å². The van der Waals surface area contributed by atoms with Crippen molar-refractivity contribution in [3.63, 3.8) is 0 Å². The summed E-state index contributed by atoms with van der Waals surface area (Å²) in [6.45, 7) is 2.43. The Labute approximate surface area is 74.9 Å². The van der Waals surface area contributed by atoms with Crippen molar-refractivity contribution < 1.29 is 13.5 Å². The normalized spacial score (nSPS) is 10.2. The van der Waals surface area contributed by atoms with Crippen LogP contribution in [0.3, 0.4) is 0 Å². The summed E-state index contributed by atoms with van der Waals surface area (Å²) in [5, 5.41) is 0. The number of aromatic nitrogens is 1. The molecule has 0 spiro atoms. The smallest absolute Gasteiger partial charge is 0.388 e. The van der Waals surface area contributed by atoms with Gasteiger partial charge in [0.1, 0.15) is 0 Å². The first-order valence-electron chi connectivity index (χ1n) is 3.68. The Bertz CT molecular complexity index is 312. The molecule has 1 rings (SSSR count). The number of pyridine rings is 1.